The van der Waals surface area contributed by atoms with Crippen LogP contribution in [-0.4, -0.2) is 34.6 Å². The lowest BCUT2D eigenvalue weighted by atomic mass is 9.65. The number of halogens is 4. The molecule has 28 heavy (non-hydrogen) atoms. The van der Waals surface area contributed by atoms with Gasteiger partial charge in [-0.25, -0.2) is 17.6 Å². The molecule has 3 nitrogen and oxygen atoms in total. The number of nitrogens with one attached hydrogen (secondary N) is 2. The smallest absolute Gasteiger partial charge is 0.135 e. The fraction of sp³-hybridized carbons (Fsp3) is 0.400. The largest absolute Gasteiger partial charge is 0.598 e. The van der Waals surface area contributed by atoms with Crippen molar-refractivity contribution in [3.8, 4) is 11.1 Å². The second-order valence-corrected chi connectivity index (χ2v) is 8.75. The van der Waals surface area contributed by atoms with Gasteiger partial charge in [-0.05, 0) is 42.5 Å². The number of hydrogen-bond donors (Lipinski definition) is 2. The highest BCUT2D eigenvalue weighted by Crippen LogP contribution is 2.45. The fourth-order valence-electron chi connectivity index (χ4n) is 4.34. The van der Waals surface area contributed by atoms with Crippen LogP contribution in [0.15, 0.2) is 36.4 Å². The summed E-state index contributed by atoms with van der Waals surface area (Å²) in [7, 11) is 0. The molecule has 2 aromatic carbocycles. The number of fused-ring (bicyclic) bond motifs is 2. The van der Waals surface area contributed by atoms with E-state index in [9.17, 15) is 13.3 Å². The Morgan fingerprint density at radius 1 is 1.18 bits per heavy atom. The quantitative estimate of drug-likeness (QED) is 0.585. The highest BCUT2D eigenvalue weighted by molar-refractivity contribution is 7.88. The molecule has 2 aliphatic heterocycles. The second kappa shape index (κ2) is 7.33. The molecular weight excluding hydrogens is 392 g/mol. The van der Waals surface area contributed by atoms with Crippen molar-refractivity contribution in [3.05, 3.63) is 59.4 Å². The van der Waals surface area contributed by atoms with Crippen LogP contribution in [-0.2, 0) is 17.8 Å². The van der Waals surface area contributed by atoms with Gasteiger partial charge in [-0.3, -0.25) is 0 Å². The van der Waals surface area contributed by atoms with Crippen molar-refractivity contribution in [2.45, 2.75) is 43.1 Å². The predicted molar refractivity (Wildman–Crippen MR) is 100 cm³/mol. The van der Waals surface area contributed by atoms with Crippen molar-refractivity contribution in [2.24, 2.45) is 0 Å². The van der Waals surface area contributed by atoms with Gasteiger partial charge in [0.05, 0.1) is 0 Å². The normalized spacial score (nSPS) is 30.0. The van der Waals surface area contributed by atoms with E-state index in [1.807, 2.05) is 0 Å². The van der Waals surface area contributed by atoms with E-state index in [2.05, 4.69) is 10.0 Å². The van der Waals surface area contributed by atoms with Crippen LogP contribution in [0.5, 0.6) is 0 Å². The zero-order valence-corrected chi connectivity index (χ0v) is 16.0. The summed E-state index contributed by atoms with van der Waals surface area (Å²) in [5.41, 5.74) is -0.984. The third-order valence-corrected chi connectivity index (χ3v) is 6.15. The summed E-state index contributed by atoms with van der Waals surface area (Å²) in [6, 6.07) is 6.35. The third kappa shape index (κ3) is 3.66. The Labute approximate surface area is 163 Å². The van der Waals surface area contributed by atoms with Crippen LogP contribution in [0, 0.1) is 17.5 Å². The minimum Gasteiger partial charge on any atom is -0.598 e. The van der Waals surface area contributed by atoms with Gasteiger partial charge in [0.15, 0.2) is 0 Å². The Kier molecular flexibility index (Phi) is 5.16. The van der Waals surface area contributed by atoms with Crippen LogP contribution in [0.4, 0.5) is 17.6 Å². The SMILES string of the molecule is C[S+]([O-])N[C@@H]1[C@H](Cc2cccc(-c3cc(F)cc(F)c3)c2F)NC2CC1(F)C2. The first-order valence-electron chi connectivity index (χ1n) is 9.03. The molecule has 0 aromatic heterocycles. The maximum atomic E-state index is 15.1. The molecule has 0 radical (unpaired) electrons. The summed E-state index contributed by atoms with van der Waals surface area (Å²) in [6.07, 6.45) is 2.27. The minimum atomic E-state index is -1.47. The Morgan fingerprint density at radius 2 is 1.86 bits per heavy atom. The lowest BCUT2D eigenvalue weighted by molar-refractivity contribution is -0.0567. The lowest BCUT2D eigenvalue weighted by Crippen LogP contribution is -2.75. The molecule has 150 valence electrons. The summed E-state index contributed by atoms with van der Waals surface area (Å²) in [5, 5.41) is 3.29. The van der Waals surface area contributed by atoms with Crippen molar-refractivity contribution in [1.82, 2.24) is 10.0 Å². The Balaban J connectivity index is 1.63. The number of benzene rings is 2. The number of hydrogen-bond acceptors (Lipinski definition) is 3. The van der Waals surface area contributed by atoms with Gasteiger partial charge in [-0.2, -0.15) is 0 Å². The zero-order valence-electron chi connectivity index (χ0n) is 15.1. The standard InChI is InChI=1S/C20H20F4N2OS/c1-28(27)26-19-17(25-15-9-20(19,24)10-15)7-11-3-2-4-16(18(11)23)12-5-13(21)8-14(22)6-12/h2-6,8,15,17,19,25-26H,7,9-10H2,1H3/t15?,17-,19+,20?,28?/m0/s1. The minimum absolute atomic E-state index is 0.0156. The lowest BCUT2D eigenvalue weighted by Gasteiger charge is -2.55. The predicted octanol–water partition coefficient (Wildman–Crippen LogP) is 3.41. The highest BCUT2D eigenvalue weighted by atomic mass is 32.2. The van der Waals surface area contributed by atoms with Gasteiger partial charge in [-0.1, -0.05) is 18.2 Å². The average molecular weight is 412 g/mol. The van der Waals surface area contributed by atoms with Crippen molar-refractivity contribution in [3.63, 3.8) is 0 Å². The van der Waals surface area contributed by atoms with Crippen LogP contribution in [0.1, 0.15) is 18.4 Å². The Morgan fingerprint density at radius 3 is 2.50 bits per heavy atom. The van der Waals surface area contributed by atoms with Gasteiger partial charge in [0, 0.05) is 35.1 Å². The number of alkyl halides is 1. The molecule has 1 aliphatic carbocycles. The van der Waals surface area contributed by atoms with Crippen LogP contribution in [0.2, 0.25) is 0 Å². The molecule has 1 saturated carbocycles. The van der Waals surface area contributed by atoms with Gasteiger partial charge < -0.3 is 9.87 Å². The first kappa shape index (κ1) is 19.7. The van der Waals surface area contributed by atoms with Crippen LogP contribution in [0.3, 0.4) is 0 Å². The van der Waals surface area contributed by atoms with E-state index >= 15 is 8.78 Å². The van der Waals surface area contributed by atoms with Crippen molar-refractivity contribution < 1.29 is 22.1 Å². The Bertz CT molecular complexity index is 868. The van der Waals surface area contributed by atoms with Crippen molar-refractivity contribution in [1.29, 1.82) is 0 Å². The van der Waals surface area contributed by atoms with E-state index in [-0.39, 0.29) is 23.6 Å². The molecule has 2 N–H and O–H groups in total. The first-order chi connectivity index (χ1) is 13.2. The second-order valence-electron chi connectivity index (χ2n) is 7.60. The number of rotatable bonds is 5. The maximum Gasteiger partial charge on any atom is 0.135 e. The molecule has 5 rings (SSSR count). The van der Waals surface area contributed by atoms with Crippen molar-refractivity contribution >= 4 is 11.4 Å². The van der Waals surface area contributed by atoms with E-state index in [0.29, 0.717) is 18.4 Å². The molecule has 3 fully saturated rings. The fourth-order valence-corrected chi connectivity index (χ4v) is 5.07. The van der Waals surface area contributed by atoms with Crippen LogP contribution >= 0.6 is 0 Å². The molecule has 2 bridgehead atoms. The summed E-state index contributed by atoms with van der Waals surface area (Å²) < 4.78 is 71.6. The van der Waals surface area contributed by atoms with Gasteiger partial charge in [0.2, 0.25) is 0 Å². The van der Waals surface area contributed by atoms with E-state index in [4.69, 9.17) is 0 Å². The van der Waals surface area contributed by atoms with Gasteiger partial charge >= 0.3 is 0 Å². The Hall–Kier alpha value is -1.61. The average Bonchev–Trinajstić information content (AvgIpc) is 2.57. The van der Waals surface area contributed by atoms with E-state index in [1.54, 1.807) is 12.1 Å². The highest BCUT2D eigenvalue weighted by Gasteiger charge is 2.59. The van der Waals surface area contributed by atoms with E-state index in [1.165, 1.54) is 12.3 Å². The first-order valence-corrected chi connectivity index (χ1v) is 10.6. The molecule has 2 aromatic rings. The van der Waals surface area contributed by atoms with Crippen molar-refractivity contribution in [2.75, 3.05) is 6.26 Å². The summed E-state index contributed by atoms with van der Waals surface area (Å²) in [5.74, 6) is -2.18. The summed E-state index contributed by atoms with van der Waals surface area (Å²) in [4.78, 5) is 0. The third-order valence-electron chi connectivity index (χ3n) is 5.57. The number of piperidine rings is 2. The molecule has 3 atom stereocenters. The summed E-state index contributed by atoms with van der Waals surface area (Å²) in [6.45, 7) is 0. The molecule has 2 saturated heterocycles. The molecular formula is C20H20F4N2OS. The van der Waals surface area contributed by atoms with Gasteiger partial charge in [-0.15, -0.1) is 4.72 Å². The van der Waals surface area contributed by atoms with Gasteiger partial charge in [0.25, 0.3) is 0 Å². The van der Waals surface area contributed by atoms with Gasteiger partial charge in [0.1, 0.15) is 35.4 Å². The molecule has 8 heteroatoms. The molecule has 3 aliphatic rings. The topological polar surface area (TPSA) is 47.1 Å². The van der Waals surface area contributed by atoms with Crippen LogP contribution < -0.4 is 10.0 Å². The molecule has 0 amide bonds. The zero-order chi connectivity index (χ0) is 20.1. The van der Waals surface area contributed by atoms with E-state index in [0.717, 1.165) is 18.2 Å². The summed E-state index contributed by atoms with van der Waals surface area (Å²) >= 11 is -1.42. The van der Waals surface area contributed by atoms with Crippen LogP contribution in [0.25, 0.3) is 11.1 Å². The molecule has 0 spiro atoms. The monoisotopic (exact) mass is 412 g/mol. The molecule has 2 heterocycles. The van der Waals surface area contributed by atoms with E-state index < -0.39 is 46.6 Å². The molecule has 1 unspecified atom stereocenters. The maximum absolute atomic E-state index is 15.1.